The van der Waals surface area contributed by atoms with E-state index < -0.39 is 27.2 Å². The molecule has 0 amide bonds. The summed E-state index contributed by atoms with van der Waals surface area (Å²) >= 11 is 0. The highest BCUT2D eigenvalue weighted by atomic mass is 32.2. The number of halogens is 1. The van der Waals surface area contributed by atoms with Crippen molar-refractivity contribution in [3.63, 3.8) is 0 Å². The van der Waals surface area contributed by atoms with Gasteiger partial charge in [-0.1, -0.05) is 12.1 Å². The van der Waals surface area contributed by atoms with E-state index in [4.69, 9.17) is 19.2 Å². The van der Waals surface area contributed by atoms with E-state index in [0.29, 0.717) is 23.0 Å². The molecule has 2 N–H and O–H groups in total. The molecular formula is C25H24FN5O6S. The molecule has 2 atom stereocenters. The largest absolute Gasteiger partial charge is 0.494 e. The molecule has 0 aliphatic heterocycles. The van der Waals surface area contributed by atoms with Gasteiger partial charge in [-0.15, -0.1) is 10.2 Å². The third-order valence-electron chi connectivity index (χ3n) is 5.87. The molecule has 0 saturated carbocycles. The maximum Gasteiger partial charge on any atom is 0.243 e. The number of anilines is 1. The van der Waals surface area contributed by atoms with Gasteiger partial charge in [-0.25, -0.2) is 12.8 Å². The summed E-state index contributed by atoms with van der Waals surface area (Å²) in [5, 5.41) is 26.3. The molecule has 11 nitrogen and oxygen atoms in total. The number of rotatable bonds is 9. The van der Waals surface area contributed by atoms with E-state index in [2.05, 4.69) is 14.9 Å². The summed E-state index contributed by atoms with van der Waals surface area (Å²) < 4.78 is 61.7. The summed E-state index contributed by atoms with van der Waals surface area (Å²) in [5.74, 6) is 0.506. The minimum absolute atomic E-state index is 0.0339. The summed E-state index contributed by atoms with van der Waals surface area (Å²) in [7, 11) is -1.52. The van der Waals surface area contributed by atoms with Crippen molar-refractivity contribution in [1.82, 2.24) is 14.8 Å². The lowest BCUT2D eigenvalue weighted by Gasteiger charge is -2.22. The van der Waals surface area contributed by atoms with Crippen molar-refractivity contribution in [1.29, 1.82) is 5.26 Å². The molecular weight excluding hydrogens is 517 g/mol. The highest BCUT2D eigenvalue weighted by Gasteiger charge is 2.34. The van der Waals surface area contributed by atoms with Crippen LogP contribution in [0.15, 0.2) is 52.9 Å². The fraction of sp³-hybridized carbons (Fsp3) is 0.240. The van der Waals surface area contributed by atoms with Crippen LogP contribution < -0.4 is 14.2 Å². The molecule has 0 fully saturated rings. The van der Waals surface area contributed by atoms with E-state index >= 15 is 0 Å². The zero-order valence-corrected chi connectivity index (χ0v) is 21.7. The number of ether oxygens (including phenoxy) is 2. The normalized spacial score (nSPS) is 13.0. The Bertz CT molecular complexity index is 1600. The van der Waals surface area contributed by atoms with Gasteiger partial charge < -0.3 is 19.0 Å². The highest BCUT2D eigenvalue weighted by Crippen LogP contribution is 2.38. The van der Waals surface area contributed by atoms with Crippen LogP contribution in [0.1, 0.15) is 29.9 Å². The lowest BCUT2D eigenvalue weighted by Crippen LogP contribution is -2.32. The number of para-hydroxylation sites is 1. The Labute approximate surface area is 218 Å². The van der Waals surface area contributed by atoms with Gasteiger partial charge in [0.1, 0.15) is 40.1 Å². The molecule has 2 aromatic heterocycles. The molecule has 4 aromatic rings. The molecule has 2 unspecified atom stereocenters. The Morgan fingerprint density at radius 2 is 1.82 bits per heavy atom. The van der Waals surface area contributed by atoms with Crippen LogP contribution in [0.4, 0.5) is 10.3 Å². The van der Waals surface area contributed by atoms with E-state index in [-0.39, 0.29) is 28.6 Å². The first-order chi connectivity index (χ1) is 18.1. The smallest absolute Gasteiger partial charge is 0.243 e. The molecule has 0 spiro atoms. The van der Waals surface area contributed by atoms with Gasteiger partial charge in [0.2, 0.25) is 21.8 Å². The number of aliphatic hydroxyl groups is 1. The average Bonchev–Trinajstić information content (AvgIpc) is 3.52. The van der Waals surface area contributed by atoms with Crippen LogP contribution in [-0.2, 0) is 10.0 Å². The Morgan fingerprint density at radius 1 is 1.13 bits per heavy atom. The molecule has 0 aliphatic carbocycles. The van der Waals surface area contributed by atoms with Gasteiger partial charge in [0.05, 0.1) is 25.9 Å². The van der Waals surface area contributed by atoms with Crippen LogP contribution in [0, 0.1) is 24.1 Å². The van der Waals surface area contributed by atoms with Gasteiger partial charge in [-0.05, 0) is 50.2 Å². The van der Waals surface area contributed by atoms with E-state index in [1.807, 2.05) is 0 Å². The molecule has 2 aromatic carbocycles. The van der Waals surface area contributed by atoms with Crippen molar-refractivity contribution in [3.8, 4) is 34.8 Å². The first-order valence-corrected chi connectivity index (χ1v) is 12.8. The lowest BCUT2D eigenvalue weighted by molar-refractivity contribution is 0.171. The van der Waals surface area contributed by atoms with Gasteiger partial charge in [-0.3, -0.25) is 9.29 Å². The van der Waals surface area contributed by atoms with Crippen molar-refractivity contribution in [2.45, 2.75) is 25.2 Å². The zero-order valence-electron chi connectivity index (χ0n) is 20.8. The zero-order chi connectivity index (χ0) is 27.6. The second-order valence-electron chi connectivity index (χ2n) is 8.25. The van der Waals surface area contributed by atoms with E-state index in [0.717, 1.165) is 6.07 Å². The molecule has 13 heteroatoms. The number of methoxy groups -OCH3 is 2. The van der Waals surface area contributed by atoms with Crippen LogP contribution in [0.3, 0.4) is 0 Å². The minimum atomic E-state index is -4.39. The topological polar surface area (TPSA) is 152 Å². The maximum absolute atomic E-state index is 14.5. The number of aliphatic hydroxyl groups excluding tert-OH is 1. The number of hydrogen-bond acceptors (Lipinski definition) is 9. The Hall–Kier alpha value is -4.41. The number of sulfonamides is 1. The number of nitrogens with zero attached hydrogens (tertiary/aromatic N) is 4. The Morgan fingerprint density at radius 3 is 2.37 bits per heavy atom. The number of benzene rings is 2. The van der Waals surface area contributed by atoms with Crippen LogP contribution in [-0.4, -0.2) is 47.8 Å². The monoisotopic (exact) mass is 541 g/mol. The summed E-state index contributed by atoms with van der Waals surface area (Å²) in [6.07, 6.45) is -1.76. The maximum atomic E-state index is 14.5. The average molecular weight is 542 g/mol. The lowest BCUT2D eigenvalue weighted by atomic mass is 10.0. The first kappa shape index (κ1) is 26.6. The first-order valence-electron chi connectivity index (χ1n) is 11.2. The van der Waals surface area contributed by atoms with Gasteiger partial charge in [0.25, 0.3) is 0 Å². The Kier molecular flexibility index (Phi) is 7.38. The second kappa shape index (κ2) is 10.5. The number of hydrogen-bond donors (Lipinski definition) is 2. The summed E-state index contributed by atoms with van der Waals surface area (Å²) in [6.45, 7) is 2.95. The fourth-order valence-corrected chi connectivity index (χ4v) is 4.87. The van der Waals surface area contributed by atoms with Gasteiger partial charge in [0, 0.05) is 5.56 Å². The standard InChI is InChI=1S/C25H24FN5O6S/c1-14-8-11-21(37-14)24-28-29-25(31(24)22-19(35-3)6-5-7-20(22)36-4)30-38(33,34)15(2)23(32)17-10-9-16(13-27)12-18(17)26/h5-12,15,23,32H,1-4H3,(H,29,30). The summed E-state index contributed by atoms with van der Waals surface area (Å²) in [6, 6.07) is 13.5. The van der Waals surface area contributed by atoms with Crippen LogP contribution in [0.5, 0.6) is 11.5 Å². The minimum Gasteiger partial charge on any atom is -0.494 e. The molecule has 0 saturated heterocycles. The number of aryl methyl sites for hydroxylation is 1. The molecule has 0 bridgehead atoms. The molecule has 2 heterocycles. The van der Waals surface area contributed by atoms with Crippen molar-refractivity contribution in [2.24, 2.45) is 0 Å². The number of nitriles is 1. The summed E-state index contributed by atoms with van der Waals surface area (Å²) in [5.41, 5.74) is 0.0451. The molecule has 0 aliphatic rings. The van der Waals surface area contributed by atoms with Crippen molar-refractivity contribution < 1.29 is 31.8 Å². The number of furan rings is 1. The predicted octanol–water partition coefficient (Wildman–Crippen LogP) is 3.73. The predicted molar refractivity (Wildman–Crippen MR) is 135 cm³/mol. The molecule has 4 rings (SSSR count). The van der Waals surface area contributed by atoms with Gasteiger partial charge in [-0.2, -0.15) is 5.26 Å². The van der Waals surface area contributed by atoms with Crippen molar-refractivity contribution >= 4 is 16.0 Å². The highest BCUT2D eigenvalue weighted by molar-refractivity contribution is 7.93. The van der Waals surface area contributed by atoms with Crippen LogP contribution in [0.25, 0.3) is 17.3 Å². The van der Waals surface area contributed by atoms with Gasteiger partial charge >= 0.3 is 0 Å². The van der Waals surface area contributed by atoms with E-state index in [1.54, 1.807) is 43.3 Å². The number of nitrogens with one attached hydrogen (secondary N) is 1. The van der Waals surface area contributed by atoms with E-state index in [1.165, 1.54) is 37.8 Å². The third kappa shape index (κ3) is 4.91. The number of aromatic nitrogens is 3. The van der Waals surface area contributed by atoms with Crippen LogP contribution >= 0.6 is 0 Å². The van der Waals surface area contributed by atoms with Gasteiger partial charge in [0.15, 0.2) is 5.76 Å². The van der Waals surface area contributed by atoms with Crippen LogP contribution in [0.2, 0.25) is 0 Å². The van der Waals surface area contributed by atoms with E-state index in [9.17, 15) is 17.9 Å². The third-order valence-corrected chi connectivity index (χ3v) is 7.57. The second-order valence-corrected chi connectivity index (χ2v) is 10.3. The molecule has 38 heavy (non-hydrogen) atoms. The summed E-state index contributed by atoms with van der Waals surface area (Å²) in [4.78, 5) is 0. The molecule has 0 radical (unpaired) electrons. The SMILES string of the molecule is COc1cccc(OC)c1-n1c(NS(=O)(=O)C(C)C(O)c2ccc(C#N)cc2F)nnc1-c1ccc(C)o1. The molecule has 198 valence electrons. The van der Waals surface area contributed by atoms with Crippen molar-refractivity contribution in [2.75, 3.05) is 18.9 Å². The quantitative estimate of drug-likeness (QED) is 0.323. The van der Waals surface area contributed by atoms with Crippen molar-refractivity contribution in [3.05, 3.63) is 71.2 Å². The fourth-order valence-electron chi connectivity index (χ4n) is 3.81. The Balaban J connectivity index is 1.81.